The molecule has 2 aromatic heterocycles. The Bertz CT molecular complexity index is 929. The van der Waals surface area contributed by atoms with E-state index < -0.39 is 12.2 Å². The summed E-state index contributed by atoms with van der Waals surface area (Å²) >= 11 is 0. The van der Waals surface area contributed by atoms with Crippen LogP contribution in [0.2, 0.25) is 0 Å². The van der Waals surface area contributed by atoms with E-state index in [-0.39, 0.29) is 6.10 Å². The highest BCUT2D eigenvalue weighted by Gasteiger charge is 2.17. The summed E-state index contributed by atoms with van der Waals surface area (Å²) in [6.45, 7) is 0.424. The summed E-state index contributed by atoms with van der Waals surface area (Å²) in [5.74, 6) is 0.518. The molecule has 1 aromatic carbocycles. The summed E-state index contributed by atoms with van der Waals surface area (Å²) in [5.41, 5.74) is 1.43. The van der Waals surface area contributed by atoms with Crippen molar-refractivity contribution in [2.45, 2.75) is 44.8 Å². The number of aromatic nitrogens is 3. The van der Waals surface area contributed by atoms with E-state index in [0.717, 1.165) is 18.4 Å². The molecular weight excluding hydrogens is 350 g/mol. The van der Waals surface area contributed by atoms with E-state index in [4.69, 9.17) is 4.74 Å². The second kappa shape index (κ2) is 7.82. The first kappa shape index (κ1) is 17.6. The third-order valence-electron chi connectivity index (χ3n) is 4.66. The molecule has 0 aliphatic heterocycles. The van der Waals surface area contributed by atoms with Gasteiger partial charge in [-0.15, -0.1) is 0 Å². The van der Waals surface area contributed by atoms with Gasteiger partial charge < -0.3 is 10.1 Å². The minimum absolute atomic E-state index is 0.236. The van der Waals surface area contributed by atoms with Crippen molar-refractivity contribution in [1.29, 1.82) is 0 Å². The van der Waals surface area contributed by atoms with E-state index in [1.165, 1.54) is 12.8 Å². The first-order chi connectivity index (χ1) is 13.2. The molecule has 0 spiro atoms. The topological polar surface area (TPSA) is 59.9 Å². The van der Waals surface area contributed by atoms with Gasteiger partial charge in [-0.1, -0.05) is 12.1 Å². The van der Waals surface area contributed by atoms with Crippen molar-refractivity contribution in [3.8, 4) is 5.88 Å². The van der Waals surface area contributed by atoms with Crippen LogP contribution in [0.25, 0.3) is 10.9 Å². The van der Waals surface area contributed by atoms with Gasteiger partial charge in [0.2, 0.25) is 5.88 Å². The third kappa shape index (κ3) is 4.13. The quantitative estimate of drug-likeness (QED) is 0.669. The first-order valence-electron chi connectivity index (χ1n) is 9.09. The van der Waals surface area contributed by atoms with Crippen LogP contribution in [0.1, 0.15) is 43.5 Å². The number of ether oxygens (including phenoxy) is 1. The van der Waals surface area contributed by atoms with Crippen LogP contribution < -0.4 is 10.1 Å². The van der Waals surface area contributed by atoms with Crippen LogP contribution in [0.5, 0.6) is 5.88 Å². The first-order valence-corrected chi connectivity index (χ1v) is 9.09. The number of alkyl halides is 2. The molecule has 0 bridgehead atoms. The zero-order valence-electron chi connectivity index (χ0n) is 14.7. The molecule has 1 fully saturated rings. The Morgan fingerprint density at radius 3 is 2.74 bits per heavy atom. The molecule has 0 amide bonds. The molecule has 27 heavy (non-hydrogen) atoms. The number of hydrogen-bond donors (Lipinski definition) is 1. The number of benzene rings is 1. The maximum atomic E-state index is 13.1. The number of nitrogens with one attached hydrogen (secondary N) is 1. The Morgan fingerprint density at radius 2 is 1.93 bits per heavy atom. The van der Waals surface area contributed by atoms with Gasteiger partial charge in [-0.2, -0.15) is 0 Å². The number of anilines is 1. The Kier molecular flexibility index (Phi) is 5.09. The molecule has 0 unspecified atom stereocenters. The van der Waals surface area contributed by atoms with Gasteiger partial charge in [0, 0.05) is 24.2 Å². The lowest BCUT2D eigenvalue weighted by molar-refractivity contribution is 0.141. The maximum absolute atomic E-state index is 13.1. The fourth-order valence-electron chi connectivity index (χ4n) is 3.31. The summed E-state index contributed by atoms with van der Waals surface area (Å²) in [4.78, 5) is 12.2. The number of fused-ring (bicyclic) bond motifs is 1. The van der Waals surface area contributed by atoms with Crippen molar-refractivity contribution >= 4 is 16.7 Å². The summed E-state index contributed by atoms with van der Waals surface area (Å²) in [5, 5.41) is 3.86. The lowest BCUT2D eigenvalue weighted by atomic mass is 10.2. The van der Waals surface area contributed by atoms with Crippen LogP contribution in [0.4, 0.5) is 14.6 Å². The molecular formula is C20H20F2N4O. The number of hydrogen-bond acceptors (Lipinski definition) is 5. The van der Waals surface area contributed by atoms with E-state index in [1.807, 2.05) is 24.3 Å². The fourth-order valence-corrected chi connectivity index (χ4v) is 3.31. The molecule has 1 saturated carbocycles. The fraction of sp³-hybridized carbons (Fsp3) is 0.350. The van der Waals surface area contributed by atoms with Gasteiger partial charge >= 0.3 is 0 Å². The highest BCUT2D eigenvalue weighted by molar-refractivity contribution is 5.89. The Hall–Kier alpha value is -2.83. The summed E-state index contributed by atoms with van der Waals surface area (Å²) in [7, 11) is 0. The smallest absolute Gasteiger partial charge is 0.297 e. The molecule has 0 saturated heterocycles. The number of halogens is 2. The van der Waals surface area contributed by atoms with E-state index in [9.17, 15) is 8.78 Å². The van der Waals surface area contributed by atoms with Gasteiger partial charge in [0.25, 0.3) is 6.43 Å². The normalized spacial score (nSPS) is 14.8. The van der Waals surface area contributed by atoms with Gasteiger partial charge in [0.05, 0.1) is 5.52 Å². The third-order valence-corrected chi connectivity index (χ3v) is 4.66. The minimum Gasteiger partial charge on any atom is -0.474 e. The van der Waals surface area contributed by atoms with Gasteiger partial charge in [0.15, 0.2) is 5.82 Å². The molecule has 5 nitrogen and oxygen atoms in total. The molecule has 1 aliphatic carbocycles. The molecule has 0 atom stereocenters. The highest BCUT2D eigenvalue weighted by Crippen LogP contribution is 2.26. The highest BCUT2D eigenvalue weighted by atomic mass is 19.3. The number of nitrogens with zero attached hydrogens (tertiary/aromatic N) is 3. The van der Waals surface area contributed by atoms with E-state index in [0.29, 0.717) is 29.1 Å². The van der Waals surface area contributed by atoms with Crippen LogP contribution >= 0.6 is 0 Å². The molecule has 1 aliphatic rings. The molecule has 140 valence electrons. The molecule has 2 heterocycles. The van der Waals surface area contributed by atoms with Gasteiger partial charge in [-0.05, 0) is 49.4 Å². The van der Waals surface area contributed by atoms with Crippen molar-refractivity contribution in [3.05, 3.63) is 54.0 Å². The summed E-state index contributed by atoms with van der Waals surface area (Å²) < 4.78 is 32.1. The predicted molar refractivity (Wildman–Crippen MR) is 98.9 cm³/mol. The zero-order valence-corrected chi connectivity index (χ0v) is 14.7. The van der Waals surface area contributed by atoms with E-state index >= 15 is 0 Å². The average Bonchev–Trinajstić information content (AvgIpc) is 3.19. The number of pyridine rings is 1. The second-order valence-corrected chi connectivity index (χ2v) is 6.63. The van der Waals surface area contributed by atoms with Crippen molar-refractivity contribution < 1.29 is 13.5 Å². The lowest BCUT2D eigenvalue weighted by Crippen LogP contribution is -2.12. The Labute approximate surface area is 155 Å². The van der Waals surface area contributed by atoms with Gasteiger partial charge in [0.1, 0.15) is 11.9 Å². The second-order valence-electron chi connectivity index (χ2n) is 6.63. The Morgan fingerprint density at radius 1 is 1.11 bits per heavy atom. The Balaban J connectivity index is 1.53. The monoisotopic (exact) mass is 370 g/mol. The van der Waals surface area contributed by atoms with Crippen LogP contribution in [0, 0.1) is 0 Å². The summed E-state index contributed by atoms with van der Waals surface area (Å²) in [6.07, 6.45) is 3.73. The zero-order chi connectivity index (χ0) is 18.6. The molecule has 0 radical (unpaired) electrons. The van der Waals surface area contributed by atoms with Crippen molar-refractivity contribution in [2.24, 2.45) is 0 Å². The molecule has 3 aromatic rings. The predicted octanol–water partition coefficient (Wildman–Crippen LogP) is 4.90. The molecule has 1 N–H and O–H groups in total. The SMILES string of the molecule is FC(F)c1nc(NCc2ccnc(OC3CCCC3)c2)c2ccccc2n1. The van der Waals surface area contributed by atoms with Crippen LogP contribution in [0.15, 0.2) is 42.6 Å². The van der Waals surface area contributed by atoms with E-state index in [2.05, 4.69) is 20.3 Å². The number of para-hydroxylation sites is 1. The van der Waals surface area contributed by atoms with Crippen LogP contribution in [0.3, 0.4) is 0 Å². The maximum Gasteiger partial charge on any atom is 0.297 e. The lowest BCUT2D eigenvalue weighted by Gasteiger charge is -2.14. The molecule has 7 heteroatoms. The van der Waals surface area contributed by atoms with Gasteiger partial charge in [-0.25, -0.2) is 23.7 Å². The van der Waals surface area contributed by atoms with Crippen molar-refractivity contribution in [1.82, 2.24) is 15.0 Å². The summed E-state index contributed by atoms with van der Waals surface area (Å²) in [6, 6.07) is 10.9. The van der Waals surface area contributed by atoms with Crippen LogP contribution in [-0.4, -0.2) is 21.1 Å². The van der Waals surface area contributed by atoms with Crippen molar-refractivity contribution in [2.75, 3.05) is 5.32 Å². The van der Waals surface area contributed by atoms with Crippen LogP contribution in [-0.2, 0) is 6.54 Å². The largest absolute Gasteiger partial charge is 0.474 e. The number of rotatable bonds is 6. The average molecular weight is 370 g/mol. The van der Waals surface area contributed by atoms with E-state index in [1.54, 1.807) is 18.3 Å². The standard InChI is InChI=1S/C20H20F2N4O/c21-18(22)20-25-16-8-4-3-7-15(16)19(26-20)24-12-13-9-10-23-17(11-13)27-14-5-1-2-6-14/h3-4,7-11,14,18H,1-2,5-6,12H2,(H,24,25,26). The molecule has 4 rings (SSSR count). The van der Waals surface area contributed by atoms with Crippen molar-refractivity contribution in [3.63, 3.8) is 0 Å². The van der Waals surface area contributed by atoms with Gasteiger partial charge in [-0.3, -0.25) is 0 Å². The minimum atomic E-state index is -2.72.